The summed E-state index contributed by atoms with van der Waals surface area (Å²) in [5.74, 6) is 0.198. The summed E-state index contributed by atoms with van der Waals surface area (Å²) in [6.45, 7) is 2.34. The Hall–Kier alpha value is -2.86. The molecule has 2 rings (SSSR count). The third-order valence-corrected chi connectivity index (χ3v) is 3.36. The molecule has 0 aromatic heterocycles. The smallest absolute Gasteiger partial charge is 0.288 e. The number of amides is 1. The topological polar surface area (TPSA) is 81.5 Å². The fourth-order valence-electron chi connectivity index (χ4n) is 1.97. The van der Waals surface area contributed by atoms with Crippen LogP contribution in [0.2, 0.25) is 5.02 Å². The molecule has 0 unspecified atom stereocenters. The molecule has 0 spiro atoms. The number of para-hydroxylation sites is 2. The zero-order valence-electron chi connectivity index (χ0n) is 12.9. The highest BCUT2D eigenvalue weighted by Crippen LogP contribution is 2.26. The number of nitrogens with zero attached hydrogens (tertiary/aromatic N) is 1. The van der Waals surface area contributed by atoms with E-state index in [1.54, 1.807) is 24.3 Å². The van der Waals surface area contributed by atoms with Gasteiger partial charge in [0, 0.05) is 12.1 Å². The largest absolute Gasteiger partial charge is 0.492 e. The standard InChI is InChI=1S/C17H15ClN2O4/c1-2-24-16-6-4-3-5-14(16)19-17(21)10-8-12-7-9-13(18)15(11-12)20(22)23/h3-11H,2H2,1H3,(H,19,21)/b10-8+. The van der Waals surface area contributed by atoms with Crippen LogP contribution in [-0.2, 0) is 4.79 Å². The van der Waals surface area contributed by atoms with Gasteiger partial charge in [0.1, 0.15) is 10.8 Å². The van der Waals surface area contributed by atoms with Gasteiger partial charge in [-0.1, -0.05) is 29.8 Å². The Morgan fingerprint density at radius 1 is 1.33 bits per heavy atom. The summed E-state index contributed by atoms with van der Waals surface area (Å²) in [4.78, 5) is 22.3. The molecule has 1 N–H and O–H groups in total. The predicted octanol–water partition coefficient (Wildman–Crippen LogP) is 4.30. The highest BCUT2D eigenvalue weighted by Gasteiger charge is 2.12. The van der Waals surface area contributed by atoms with Crippen LogP contribution >= 0.6 is 11.6 Å². The van der Waals surface area contributed by atoms with Crippen LogP contribution in [-0.4, -0.2) is 17.4 Å². The van der Waals surface area contributed by atoms with Crippen molar-refractivity contribution in [3.8, 4) is 5.75 Å². The van der Waals surface area contributed by atoms with E-state index in [1.165, 1.54) is 24.3 Å². The number of ether oxygens (including phenoxy) is 1. The lowest BCUT2D eigenvalue weighted by Crippen LogP contribution is -2.09. The first-order valence-electron chi connectivity index (χ1n) is 7.16. The third-order valence-electron chi connectivity index (χ3n) is 3.04. The molecular weight excluding hydrogens is 332 g/mol. The van der Waals surface area contributed by atoms with Crippen molar-refractivity contribution >= 4 is 35.0 Å². The second-order valence-corrected chi connectivity index (χ2v) is 5.13. The second-order valence-electron chi connectivity index (χ2n) is 4.72. The predicted molar refractivity (Wildman–Crippen MR) is 93.4 cm³/mol. The average molecular weight is 347 g/mol. The van der Waals surface area contributed by atoms with Crippen LogP contribution in [0.15, 0.2) is 48.5 Å². The molecule has 1 amide bonds. The van der Waals surface area contributed by atoms with Gasteiger partial charge in [-0.2, -0.15) is 0 Å². The van der Waals surface area contributed by atoms with Gasteiger partial charge in [0.2, 0.25) is 5.91 Å². The van der Waals surface area contributed by atoms with Crippen molar-refractivity contribution in [3.63, 3.8) is 0 Å². The maximum atomic E-state index is 12.0. The summed E-state index contributed by atoms with van der Waals surface area (Å²) in [6, 6.07) is 11.4. The number of carbonyl (C=O) groups excluding carboxylic acids is 1. The van der Waals surface area contributed by atoms with E-state index in [4.69, 9.17) is 16.3 Å². The van der Waals surface area contributed by atoms with Crippen molar-refractivity contribution in [1.82, 2.24) is 0 Å². The first-order valence-corrected chi connectivity index (χ1v) is 7.54. The van der Waals surface area contributed by atoms with E-state index < -0.39 is 4.92 Å². The number of carbonyl (C=O) groups is 1. The first kappa shape index (κ1) is 17.5. The summed E-state index contributed by atoms with van der Waals surface area (Å²) in [5, 5.41) is 13.6. The Bertz CT molecular complexity index is 790. The molecule has 24 heavy (non-hydrogen) atoms. The molecule has 7 heteroatoms. The minimum Gasteiger partial charge on any atom is -0.492 e. The lowest BCUT2D eigenvalue weighted by Gasteiger charge is -2.09. The molecule has 6 nitrogen and oxygen atoms in total. The fourth-order valence-corrected chi connectivity index (χ4v) is 2.16. The van der Waals surface area contributed by atoms with Crippen molar-refractivity contribution in [2.24, 2.45) is 0 Å². The number of hydrogen-bond acceptors (Lipinski definition) is 4. The van der Waals surface area contributed by atoms with Crippen LogP contribution in [0.4, 0.5) is 11.4 Å². The zero-order chi connectivity index (χ0) is 17.5. The minimum absolute atomic E-state index is 0.0484. The van der Waals surface area contributed by atoms with Gasteiger partial charge < -0.3 is 10.1 Å². The number of nitro benzene ring substituents is 1. The van der Waals surface area contributed by atoms with Crippen LogP contribution in [0, 0.1) is 10.1 Å². The van der Waals surface area contributed by atoms with Crippen molar-refractivity contribution in [3.05, 3.63) is 69.2 Å². The molecular formula is C17H15ClN2O4. The van der Waals surface area contributed by atoms with E-state index in [0.717, 1.165) is 0 Å². The molecule has 124 valence electrons. The summed E-state index contributed by atoms with van der Waals surface area (Å²) >= 11 is 5.75. The van der Waals surface area contributed by atoms with Gasteiger partial charge in [0.05, 0.1) is 17.2 Å². The van der Waals surface area contributed by atoms with Crippen molar-refractivity contribution in [1.29, 1.82) is 0 Å². The number of nitrogens with one attached hydrogen (secondary N) is 1. The SMILES string of the molecule is CCOc1ccccc1NC(=O)/C=C/c1ccc(Cl)c([N+](=O)[O-])c1. The summed E-state index contributed by atoms with van der Waals surface area (Å²) in [5.41, 5.74) is 0.844. The molecule has 0 aliphatic heterocycles. The lowest BCUT2D eigenvalue weighted by molar-refractivity contribution is -0.384. The van der Waals surface area contributed by atoms with Gasteiger partial charge in [-0.15, -0.1) is 0 Å². The van der Waals surface area contributed by atoms with Crippen LogP contribution in [0.1, 0.15) is 12.5 Å². The number of halogens is 1. The molecule has 0 atom stereocenters. The Balaban J connectivity index is 2.11. The van der Waals surface area contributed by atoms with Crippen molar-refractivity contribution in [2.45, 2.75) is 6.92 Å². The molecule has 0 aliphatic rings. The Labute approximate surface area is 143 Å². The molecule has 0 saturated carbocycles. The lowest BCUT2D eigenvalue weighted by atomic mass is 10.2. The summed E-state index contributed by atoms with van der Waals surface area (Å²) in [7, 11) is 0. The normalized spacial score (nSPS) is 10.6. The monoisotopic (exact) mass is 346 g/mol. The highest BCUT2D eigenvalue weighted by molar-refractivity contribution is 6.32. The van der Waals surface area contributed by atoms with Gasteiger partial charge in [-0.05, 0) is 36.8 Å². The second kappa shape index (κ2) is 8.12. The quantitative estimate of drug-likeness (QED) is 0.480. The molecule has 0 heterocycles. The first-order chi connectivity index (χ1) is 11.5. The van der Waals surface area contributed by atoms with E-state index in [9.17, 15) is 14.9 Å². The number of anilines is 1. The van der Waals surface area contributed by atoms with Gasteiger partial charge in [-0.3, -0.25) is 14.9 Å². The molecule has 2 aromatic carbocycles. The number of rotatable bonds is 6. The average Bonchev–Trinajstić information content (AvgIpc) is 2.56. The highest BCUT2D eigenvalue weighted by atomic mass is 35.5. The zero-order valence-corrected chi connectivity index (χ0v) is 13.6. The summed E-state index contributed by atoms with van der Waals surface area (Å²) < 4.78 is 5.43. The Morgan fingerprint density at radius 3 is 2.79 bits per heavy atom. The van der Waals surface area contributed by atoms with E-state index in [-0.39, 0.29) is 16.6 Å². The maximum absolute atomic E-state index is 12.0. The van der Waals surface area contributed by atoms with E-state index >= 15 is 0 Å². The summed E-state index contributed by atoms with van der Waals surface area (Å²) in [6.07, 6.45) is 2.76. The van der Waals surface area contributed by atoms with Crippen LogP contribution in [0.25, 0.3) is 6.08 Å². The van der Waals surface area contributed by atoms with E-state index in [2.05, 4.69) is 5.32 Å². The number of nitro groups is 1. The van der Waals surface area contributed by atoms with Gasteiger partial charge in [-0.25, -0.2) is 0 Å². The van der Waals surface area contributed by atoms with E-state index in [0.29, 0.717) is 23.6 Å². The minimum atomic E-state index is -0.571. The van der Waals surface area contributed by atoms with Gasteiger partial charge in [0.15, 0.2) is 0 Å². The van der Waals surface area contributed by atoms with E-state index in [1.807, 2.05) is 13.0 Å². The fraction of sp³-hybridized carbons (Fsp3) is 0.118. The van der Waals surface area contributed by atoms with Crippen LogP contribution in [0.5, 0.6) is 5.75 Å². The number of benzene rings is 2. The van der Waals surface area contributed by atoms with Crippen LogP contribution < -0.4 is 10.1 Å². The molecule has 2 aromatic rings. The molecule has 0 aliphatic carbocycles. The Morgan fingerprint density at radius 2 is 2.08 bits per heavy atom. The van der Waals surface area contributed by atoms with Gasteiger partial charge >= 0.3 is 0 Å². The van der Waals surface area contributed by atoms with Crippen LogP contribution in [0.3, 0.4) is 0 Å². The molecule has 0 fully saturated rings. The van der Waals surface area contributed by atoms with Gasteiger partial charge in [0.25, 0.3) is 5.69 Å². The van der Waals surface area contributed by atoms with Crippen molar-refractivity contribution < 1.29 is 14.5 Å². The molecule has 0 radical (unpaired) electrons. The third kappa shape index (κ3) is 4.57. The molecule has 0 saturated heterocycles. The molecule has 0 bridgehead atoms. The maximum Gasteiger partial charge on any atom is 0.288 e. The Kier molecular flexibility index (Phi) is 5.92. The van der Waals surface area contributed by atoms with Crippen molar-refractivity contribution in [2.75, 3.05) is 11.9 Å². The number of hydrogen-bond donors (Lipinski definition) is 1.